The van der Waals surface area contributed by atoms with Gasteiger partial charge in [0.1, 0.15) is 5.69 Å². The number of nitrogens with one attached hydrogen (secondary N) is 1. The van der Waals surface area contributed by atoms with Crippen molar-refractivity contribution in [1.29, 1.82) is 0 Å². The zero-order valence-electron chi connectivity index (χ0n) is 5.60. The van der Waals surface area contributed by atoms with Crippen molar-refractivity contribution in [2.75, 3.05) is 7.05 Å². The zero-order chi connectivity index (χ0) is 7.56. The Balaban J connectivity index is 2.89. The smallest absolute Gasteiger partial charge is 0.131 e. The van der Waals surface area contributed by atoms with Crippen molar-refractivity contribution in [2.24, 2.45) is 0 Å². The molecular weight excluding hydrogens is 150 g/mol. The topological polar surface area (TPSA) is 27.5 Å². The molecule has 0 aliphatic carbocycles. The summed E-state index contributed by atoms with van der Waals surface area (Å²) in [6.07, 6.45) is 0. The minimum atomic E-state index is 0.0664. The Hall–Kier alpha value is -0.570. The average Bonchev–Trinajstić information content (AvgIpc) is 1.88. The van der Waals surface area contributed by atoms with Gasteiger partial charge in [0.2, 0.25) is 0 Å². The Labute approximate surface area is 64.6 Å². The largest absolute Gasteiger partial charge is 0.629 e. The van der Waals surface area contributed by atoms with E-state index in [0.717, 1.165) is 0 Å². The molecule has 0 bridgehead atoms. The molecule has 0 fully saturated rings. The molecule has 0 spiro atoms. The van der Waals surface area contributed by atoms with Crippen molar-refractivity contribution < 1.29 is 5.06 Å². The van der Waals surface area contributed by atoms with Crippen LogP contribution < -0.4 is 5.06 Å². The van der Waals surface area contributed by atoms with E-state index in [2.05, 4.69) is 0 Å². The molecular formula is C7H8ClNO. The maximum absolute atomic E-state index is 10.7. The van der Waals surface area contributed by atoms with Crippen molar-refractivity contribution >= 4 is 17.3 Å². The Morgan fingerprint density at radius 2 is 1.80 bits per heavy atom. The van der Waals surface area contributed by atoms with Crippen LogP contribution in [0.1, 0.15) is 0 Å². The average molecular weight is 158 g/mol. The van der Waals surface area contributed by atoms with Gasteiger partial charge in [-0.05, 0) is 12.1 Å². The molecule has 0 heterocycles. The highest BCUT2D eigenvalue weighted by atomic mass is 35.5. The zero-order valence-corrected chi connectivity index (χ0v) is 6.35. The number of hydrogen-bond acceptors (Lipinski definition) is 1. The predicted octanol–water partition coefficient (Wildman–Crippen LogP) is 0.984. The first-order valence-electron chi connectivity index (χ1n) is 2.96. The maximum Gasteiger partial charge on any atom is 0.131 e. The van der Waals surface area contributed by atoms with Crippen molar-refractivity contribution in [3.05, 3.63) is 34.5 Å². The summed E-state index contributed by atoms with van der Waals surface area (Å²) in [6.45, 7) is 0. The van der Waals surface area contributed by atoms with E-state index in [0.29, 0.717) is 10.7 Å². The highest BCUT2D eigenvalue weighted by molar-refractivity contribution is 6.30. The Morgan fingerprint density at radius 3 is 2.20 bits per heavy atom. The highest BCUT2D eigenvalue weighted by Crippen LogP contribution is 2.09. The lowest BCUT2D eigenvalue weighted by Crippen LogP contribution is -2.98. The third-order valence-corrected chi connectivity index (χ3v) is 1.50. The first-order chi connectivity index (χ1) is 4.70. The molecule has 0 aliphatic heterocycles. The molecule has 0 amide bonds. The molecule has 0 saturated heterocycles. The minimum Gasteiger partial charge on any atom is -0.629 e. The van der Waals surface area contributed by atoms with E-state index < -0.39 is 0 Å². The van der Waals surface area contributed by atoms with Gasteiger partial charge in [-0.3, -0.25) is 0 Å². The predicted molar refractivity (Wildman–Crippen MR) is 41.4 cm³/mol. The number of benzene rings is 1. The second kappa shape index (κ2) is 3.01. The van der Waals surface area contributed by atoms with Gasteiger partial charge in [-0.25, -0.2) is 0 Å². The summed E-state index contributed by atoms with van der Waals surface area (Å²) >= 11 is 5.61. The quantitative estimate of drug-likeness (QED) is 0.605. The van der Waals surface area contributed by atoms with Crippen molar-refractivity contribution in [2.45, 2.75) is 0 Å². The fourth-order valence-electron chi connectivity index (χ4n) is 0.685. The second-order valence-corrected chi connectivity index (χ2v) is 2.50. The molecule has 0 aromatic heterocycles. The minimum absolute atomic E-state index is 0.0664. The summed E-state index contributed by atoms with van der Waals surface area (Å²) in [7, 11) is 1.53. The van der Waals surface area contributed by atoms with Crippen LogP contribution in [0.15, 0.2) is 24.3 Å². The molecule has 1 aromatic carbocycles. The molecule has 0 saturated carbocycles. The van der Waals surface area contributed by atoms with Crippen molar-refractivity contribution in [3.8, 4) is 0 Å². The van der Waals surface area contributed by atoms with Gasteiger partial charge in [0.25, 0.3) is 0 Å². The van der Waals surface area contributed by atoms with Gasteiger partial charge in [0.15, 0.2) is 0 Å². The van der Waals surface area contributed by atoms with Crippen molar-refractivity contribution in [1.82, 2.24) is 0 Å². The van der Waals surface area contributed by atoms with E-state index in [1.165, 1.54) is 7.05 Å². The summed E-state index contributed by atoms with van der Waals surface area (Å²) in [6, 6.07) is 6.84. The van der Waals surface area contributed by atoms with Crippen LogP contribution in [0.2, 0.25) is 5.02 Å². The molecule has 1 N–H and O–H groups in total. The Kier molecular flexibility index (Phi) is 2.27. The van der Waals surface area contributed by atoms with Crippen LogP contribution in [-0.4, -0.2) is 7.05 Å². The molecule has 0 aliphatic rings. The van der Waals surface area contributed by atoms with Crippen LogP contribution in [0, 0.1) is 5.21 Å². The third-order valence-electron chi connectivity index (χ3n) is 1.25. The van der Waals surface area contributed by atoms with Crippen LogP contribution in [0.25, 0.3) is 0 Å². The molecule has 1 atom stereocenters. The Bertz CT molecular complexity index is 207. The summed E-state index contributed by atoms with van der Waals surface area (Å²) in [5, 5.41) is 11.4. The molecule has 1 aromatic rings. The Morgan fingerprint density at radius 1 is 1.30 bits per heavy atom. The number of hydrogen-bond donors (Lipinski definition) is 1. The second-order valence-electron chi connectivity index (χ2n) is 2.06. The van der Waals surface area contributed by atoms with Gasteiger partial charge in [0, 0.05) is 17.2 Å². The monoisotopic (exact) mass is 157 g/mol. The normalized spacial score (nSPS) is 13.1. The lowest BCUT2D eigenvalue weighted by atomic mass is 10.3. The maximum atomic E-state index is 10.7. The first kappa shape index (κ1) is 7.54. The molecule has 54 valence electrons. The van der Waals surface area contributed by atoms with Gasteiger partial charge in [-0.15, -0.1) is 0 Å². The van der Waals surface area contributed by atoms with Crippen LogP contribution in [-0.2, 0) is 0 Å². The van der Waals surface area contributed by atoms with E-state index in [1.54, 1.807) is 24.3 Å². The van der Waals surface area contributed by atoms with E-state index in [-0.39, 0.29) is 5.06 Å². The summed E-state index contributed by atoms with van der Waals surface area (Å²) in [5.41, 5.74) is 0.699. The molecule has 0 radical (unpaired) electrons. The van der Waals surface area contributed by atoms with E-state index >= 15 is 0 Å². The van der Waals surface area contributed by atoms with Crippen LogP contribution in [0.3, 0.4) is 0 Å². The lowest BCUT2D eigenvalue weighted by molar-refractivity contribution is -0.751. The van der Waals surface area contributed by atoms with Gasteiger partial charge in [-0.1, -0.05) is 11.6 Å². The first-order valence-corrected chi connectivity index (χ1v) is 3.34. The SMILES string of the molecule is C[NH+]([O-])c1ccc(Cl)cc1. The van der Waals surface area contributed by atoms with Gasteiger partial charge < -0.3 is 10.3 Å². The van der Waals surface area contributed by atoms with Crippen LogP contribution in [0.4, 0.5) is 5.69 Å². The number of quaternary nitrogens is 1. The molecule has 3 heteroatoms. The molecule has 10 heavy (non-hydrogen) atoms. The van der Waals surface area contributed by atoms with Crippen LogP contribution in [0.5, 0.6) is 0 Å². The van der Waals surface area contributed by atoms with Crippen molar-refractivity contribution in [3.63, 3.8) is 0 Å². The van der Waals surface area contributed by atoms with E-state index in [1.807, 2.05) is 0 Å². The fourth-order valence-corrected chi connectivity index (χ4v) is 0.811. The summed E-state index contributed by atoms with van der Waals surface area (Å²) in [4.78, 5) is 0. The highest BCUT2D eigenvalue weighted by Gasteiger charge is 1.93. The standard InChI is InChI=1S/C7H8ClNO/c1-9(10)7-4-2-6(8)3-5-7/h2-5,9H,1H3. The lowest BCUT2D eigenvalue weighted by Gasteiger charge is -2.14. The number of halogens is 1. The van der Waals surface area contributed by atoms with Gasteiger partial charge >= 0.3 is 0 Å². The third kappa shape index (κ3) is 1.70. The van der Waals surface area contributed by atoms with Gasteiger partial charge in [-0.2, -0.15) is 0 Å². The van der Waals surface area contributed by atoms with E-state index in [4.69, 9.17) is 11.6 Å². The van der Waals surface area contributed by atoms with E-state index in [9.17, 15) is 5.21 Å². The summed E-state index contributed by atoms with van der Waals surface area (Å²) in [5.74, 6) is 0. The number of rotatable bonds is 1. The van der Waals surface area contributed by atoms with Gasteiger partial charge in [0.05, 0.1) is 7.05 Å². The molecule has 1 unspecified atom stereocenters. The molecule has 2 nitrogen and oxygen atoms in total. The number of hydroxylamine groups is 1. The van der Waals surface area contributed by atoms with Crippen LogP contribution >= 0.6 is 11.6 Å². The fraction of sp³-hybridized carbons (Fsp3) is 0.143. The summed E-state index contributed by atoms with van der Waals surface area (Å²) < 4.78 is 0. The molecule has 1 rings (SSSR count).